The summed E-state index contributed by atoms with van der Waals surface area (Å²) in [7, 11) is 0. The predicted octanol–water partition coefficient (Wildman–Crippen LogP) is 3.51. The Morgan fingerprint density at radius 1 is 1.43 bits per heavy atom. The molecule has 0 saturated carbocycles. The van der Waals surface area contributed by atoms with Crippen LogP contribution >= 0.6 is 0 Å². The SMILES string of the molecule is C[C@]12O[C@@]3(CCO[C@H]4[C@@H]3[C@@H]1C(=O)N4c1ccc(C#N)c(C(F)(F)F)c1)C[C@H]2N=[N+]=[N-]. The Labute approximate surface area is 168 Å². The summed E-state index contributed by atoms with van der Waals surface area (Å²) in [5.74, 6) is -1.50. The summed E-state index contributed by atoms with van der Waals surface area (Å²) in [6.45, 7) is 1.99. The van der Waals surface area contributed by atoms with Gasteiger partial charge < -0.3 is 9.47 Å². The van der Waals surface area contributed by atoms with E-state index in [1.807, 2.05) is 0 Å². The fourth-order valence-electron chi connectivity index (χ4n) is 5.83. The van der Waals surface area contributed by atoms with Crippen LogP contribution in [0, 0.1) is 23.2 Å². The molecule has 2 bridgehead atoms. The molecule has 4 heterocycles. The first kappa shape index (κ1) is 19.2. The van der Waals surface area contributed by atoms with Crippen LogP contribution in [0.5, 0.6) is 0 Å². The molecular weight excluding hydrogens is 403 g/mol. The Bertz CT molecular complexity index is 1050. The molecule has 30 heavy (non-hydrogen) atoms. The number of azide groups is 1. The molecule has 1 aromatic rings. The maximum absolute atomic E-state index is 13.5. The standard InChI is InChI=1S/C19H16F3N5O3/c1-17-12(25-26-24)7-18(30-17)4-5-29-16-14(18)13(17)15(28)27(16)10-3-2-9(8-23)11(6-10)19(20,21)22/h2-3,6,12-14,16H,4-5,7H2,1H3/t12-,13-,14+,16+,17-,18+/m1/s1. The van der Waals surface area contributed by atoms with Crippen LogP contribution < -0.4 is 4.90 Å². The van der Waals surface area contributed by atoms with Gasteiger partial charge in [0.05, 0.1) is 47.0 Å². The molecule has 11 heteroatoms. The Balaban J connectivity index is 1.62. The molecule has 1 aromatic carbocycles. The molecule has 4 saturated heterocycles. The predicted molar refractivity (Wildman–Crippen MR) is 94.8 cm³/mol. The van der Waals surface area contributed by atoms with E-state index in [4.69, 9.17) is 20.3 Å². The van der Waals surface area contributed by atoms with Crippen molar-refractivity contribution in [2.75, 3.05) is 11.5 Å². The molecule has 0 N–H and O–H groups in total. The van der Waals surface area contributed by atoms with Gasteiger partial charge in [0.25, 0.3) is 0 Å². The van der Waals surface area contributed by atoms with E-state index in [2.05, 4.69) is 10.0 Å². The number of nitriles is 1. The quantitative estimate of drug-likeness (QED) is 0.415. The summed E-state index contributed by atoms with van der Waals surface area (Å²) in [4.78, 5) is 17.6. The highest BCUT2D eigenvalue weighted by molar-refractivity contribution is 6.00. The Morgan fingerprint density at radius 2 is 2.20 bits per heavy atom. The number of carbonyl (C=O) groups is 1. The summed E-state index contributed by atoms with van der Waals surface area (Å²) in [6, 6.07) is 4.21. The van der Waals surface area contributed by atoms with Gasteiger partial charge in [-0.05, 0) is 37.1 Å². The Kier molecular flexibility index (Phi) is 3.76. The van der Waals surface area contributed by atoms with E-state index >= 15 is 0 Å². The highest BCUT2D eigenvalue weighted by Crippen LogP contribution is 2.66. The van der Waals surface area contributed by atoms with Gasteiger partial charge >= 0.3 is 6.18 Å². The molecule has 0 aromatic heterocycles. The van der Waals surface area contributed by atoms with E-state index < -0.39 is 52.6 Å². The van der Waals surface area contributed by atoms with E-state index in [1.54, 1.807) is 13.0 Å². The lowest BCUT2D eigenvalue weighted by molar-refractivity contribution is -0.141. The lowest BCUT2D eigenvalue weighted by atomic mass is 9.64. The zero-order chi connectivity index (χ0) is 21.5. The van der Waals surface area contributed by atoms with Crippen LogP contribution in [0.2, 0.25) is 0 Å². The van der Waals surface area contributed by atoms with Crippen molar-refractivity contribution >= 4 is 11.6 Å². The molecule has 1 spiro atoms. The molecule has 156 valence electrons. The van der Waals surface area contributed by atoms with Gasteiger partial charge in [-0.25, -0.2) is 0 Å². The van der Waals surface area contributed by atoms with Crippen molar-refractivity contribution < 1.29 is 27.4 Å². The van der Waals surface area contributed by atoms with Crippen molar-refractivity contribution in [1.29, 1.82) is 5.26 Å². The van der Waals surface area contributed by atoms with E-state index in [0.29, 0.717) is 12.8 Å². The summed E-state index contributed by atoms with van der Waals surface area (Å²) in [5, 5.41) is 12.9. The summed E-state index contributed by atoms with van der Waals surface area (Å²) in [6.07, 6.45) is -4.56. The number of rotatable bonds is 2. The number of hydrogen-bond donors (Lipinski definition) is 0. The molecule has 8 nitrogen and oxygen atoms in total. The van der Waals surface area contributed by atoms with Gasteiger partial charge in [-0.15, -0.1) is 0 Å². The number of alkyl halides is 3. The molecule has 4 fully saturated rings. The Hall–Kier alpha value is -2.80. The molecule has 5 rings (SSSR count). The van der Waals surface area contributed by atoms with Crippen molar-refractivity contribution in [2.45, 2.75) is 49.4 Å². The number of benzene rings is 1. The van der Waals surface area contributed by atoms with Crippen LogP contribution in [0.4, 0.5) is 18.9 Å². The third kappa shape index (κ3) is 2.24. The Morgan fingerprint density at radius 3 is 2.87 bits per heavy atom. The molecule has 4 aliphatic rings. The first-order valence-corrected chi connectivity index (χ1v) is 9.47. The maximum atomic E-state index is 13.5. The number of halogens is 3. The average molecular weight is 419 g/mol. The van der Waals surface area contributed by atoms with E-state index in [0.717, 1.165) is 12.1 Å². The van der Waals surface area contributed by atoms with Crippen molar-refractivity contribution in [3.05, 3.63) is 39.8 Å². The third-order valence-electron chi connectivity index (χ3n) is 6.99. The molecule has 0 radical (unpaired) electrons. The van der Waals surface area contributed by atoms with E-state index in [-0.39, 0.29) is 18.2 Å². The zero-order valence-electron chi connectivity index (χ0n) is 15.8. The van der Waals surface area contributed by atoms with Crippen molar-refractivity contribution in [1.82, 2.24) is 0 Å². The average Bonchev–Trinajstić information content (AvgIpc) is 3.25. The minimum atomic E-state index is -4.74. The topological polar surface area (TPSA) is 111 Å². The van der Waals surface area contributed by atoms with Crippen molar-refractivity contribution in [2.24, 2.45) is 17.0 Å². The summed E-state index contributed by atoms with van der Waals surface area (Å²) in [5.41, 5.74) is 5.57. The van der Waals surface area contributed by atoms with Crippen LogP contribution in [0.3, 0.4) is 0 Å². The third-order valence-corrected chi connectivity index (χ3v) is 6.99. The molecule has 4 aliphatic heterocycles. The minimum Gasteiger partial charge on any atom is -0.367 e. The van der Waals surface area contributed by atoms with Crippen LogP contribution in [-0.2, 0) is 20.4 Å². The fourth-order valence-corrected chi connectivity index (χ4v) is 5.83. The highest BCUT2D eigenvalue weighted by atomic mass is 19.4. The zero-order valence-corrected chi connectivity index (χ0v) is 15.8. The van der Waals surface area contributed by atoms with Crippen LogP contribution in [0.15, 0.2) is 23.3 Å². The van der Waals surface area contributed by atoms with E-state index in [9.17, 15) is 18.0 Å². The number of carbonyl (C=O) groups excluding carboxylic acids is 1. The lowest BCUT2D eigenvalue weighted by Crippen LogP contribution is -2.52. The normalized spacial score (nSPS) is 38.9. The van der Waals surface area contributed by atoms with Gasteiger partial charge in [0.15, 0.2) is 0 Å². The number of amides is 1. The highest BCUT2D eigenvalue weighted by Gasteiger charge is 2.77. The number of fused-ring (bicyclic) bond motifs is 2. The number of nitrogens with zero attached hydrogens (tertiary/aromatic N) is 5. The van der Waals surface area contributed by atoms with Gasteiger partial charge in [0, 0.05) is 22.9 Å². The molecule has 0 unspecified atom stereocenters. The maximum Gasteiger partial charge on any atom is 0.417 e. The van der Waals surface area contributed by atoms with Gasteiger partial charge in [-0.2, -0.15) is 18.4 Å². The van der Waals surface area contributed by atoms with Crippen molar-refractivity contribution in [3.63, 3.8) is 0 Å². The van der Waals surface area contributed by atoms with Gasteiger partial charge in [0.1, 0.15) is 6.23 Å². The van der Waals surface area contributed by atoms with Gasteiger partial charge in [-0.3, -0.25) is 9.69 Å². The second kappa shape index (κ2) is 5.88. The van der Waals surface area contributed by atoms with Gasteiger partial charge in [0.2, 0.25) is 5.91 Å². The van der Waals surface area contributed by atoms with Crippen molar-refractivity contribution in [3.8, 4) is 6.07 Å². The second-order valence-corrected chi connectivity index (χ2v) is 8.34. The smallest absolute Gasteiger partial charge is 0.367 e. The lowest BCUT2D eigenvalue weighted by Gasteiger charge is -2.42. The largest absolute Gasteiger partial charge is 0.417 e. The molecular formula is C19H16F3N5O3. The summed E-state index contributed by atoms with van der Waals surface area (Å²) < 4.78 is 52.6. The van der Waals surface area contributed by atoms with Crippen LogP contribution in [-0.4, -0.2) is 36.0 Å². The van der Waals surface area contributed by atoms with Crippen LogP contribution in [0.1, 0.15) is 30.9 Å². The first-order chi connectivity index (χ1) is 14.2. The second-order valence-electron chi connectivity index (χ2n) is 8.34. The minimum absolute atomic E-state index is 0.0195. The first-order valence-electron chi connectivity index (χ1n) is 9.47. The monoisotopic (exact) mass is 419 g/mol. The molecule has 6 atom stereocenters. The fraction of sp³-hybridized carbons (Fsp3) is 0.579. The number of ether oxygens (including phenoxy) is 2. The van der Waals surface area contributed by atoms with Crippen LogP contribution in [0.25, 0.3) is 10.4 Å². The number of hydrogen-bond acceptors (Lipinski definition) is 5. The van der Waals surface area contributed by atoms with Gasteiger partial charge in [-0.1, -0.05) is 5.11 Å². The summed E-state index contributed by atoms with van der Waals surface area (Å²) >= 11 is 0. The molecule has 1 amide bonds. The van der Waals surface area contributed by atoms with E-state index in [1.165, 1.54) is 11.0 Å². The molecule has 0 aliphatic carbocycles. The number of anilines is 1.